The van der Waals surface area contributed by atoms with Gasteiger partial charge in [-0.2, -0.15) is 0 Å². The Morgan fingerprint density at radius 3 is 2.11 bits per heavy atom. The Kier molecular flexibility index (Phi) is 5.30. The van der Waals surface area contributed by atoms with Crippen LogP contribution in [-0.4, -0.2) is 47.7 Å². The molecule has 2 fully saturated rings. The number of Topliss-reactive ketones (excluding diaryl/α,β-unsaturated/α-hetero) is 1. The smallest absolute Gasteiger partial charge is 0.410 e. The van der Waals surface area contributed by atoms with Crippen molar-refractivity contribution in [2.75, 3.05) is 13.2 Å². The highest BCUT2D eigenvalue weighted by Crippen LogP contribution is 2.35. The number of hydrogen-bond acceptors (Lipinski definition) is 4. The molecule has 5 nitrogen and oxygen atoms in total. The topological polar surface area (TPSA) is 55.8 Å². The predicted molar refractivity (Wildman–Crippen MR) is 99.4 cm³/mol. The fraction of sp³-hybridized carbons (Fsp3) is 0.619. The van der Waals surface area contributed by atoms with Crippen molar-refractivity contribution in [1.82, 2.24) is 4.90 Å². The lowest BCUT2D eigenvalue weighted by atomic mass is 9.80. The summed E-state index contributed by atoms with van der Waals surface area (Å²) in [6, 6.07) is 2.89. The molecule has 0 radical (unpaired) electrons. The van der Waals surface area contributed by atoms with Crippen LogP contribution >= 0.6 is 0 Å². The van der Waals surface area contributed by atoms with Gasteiger partial charge in [-0.1, -0.05) is 0 Å². The van der Waals surface area contributed by atoms with Crippen LogP contribution in [0.3, 0.4) is 0 Å². The second kappa shape index (κ2) is 7.23. The number of ether oxygens (including phenoxy) is 2. The molecule has 2 bridgehead atoms. The number of carbonyl (C=O) groups is 2. The van der Waals surface area contributed by atoms with Crippen LogP contribution in [0.5, 0.6) is 0 Å². The minimum absolute atomic E-state index is 0.0157. The Balaban J connectivity index is 1.78. The zero-order chi connectivity index (χ0) is 19.9. The molecular weight excluding hydrogens is 349 g/mol. The minimum atomic E-state index is -0.567. The quantitative estimate of drug-likeness (QED) is 0.730. The number of halogens is 1. The van der Waals surface area contributed by atoms with E-state index in [4.69, 9.17) is 9.47 Å². The van der Waals surface area contributed by atoms with Gasteiger partial charge in [0.05, 0.1) is 25.3 Å². The third-order valence-corrected chi connectivity index (χ3v) is 5.22. The molecule has 2 aliphatic rings. The maximum absolute atomic E-state index is 13.9. The first kappa shape index (κ1) is 19.8. The van der Waals surface area contributed by atoms with Gasteiger partial charge in [0.2, 0.25) is 0 Å². The Hall–Kier alpha value is -1.95. The third kappa shape index (κ3) is 4.15. The number of ketones is 1. The average molecular weight is 377 g/mol. The fourth-order valence-corrected chi connectivity index (χ4v) is 4.07. The summed E-state index contributed by atoms with van der Waals surface area (Å²) >= 11 is 0. The first-order valence-electron chi connectivity index (χ1n) is 9.47. The fourth-order valence-electron chi connectivity index (χ4n) is 4.07. The van der Waals surface area contributed by atoms with E-state index in [-0.39, 0.29) is 35.7 Å². The highest BCUT2D eigenvalue weighted by atomic mass is 19.1. The number of amides is 1. The average Bonchev–Trinajstić information content (AvgIpc) is 2.55. The summed E-state index contributed by atoms with van der Waals surface area (Å²) in [6.45, 7) is 9.67. The molecule has 2 unspecified atom stereocenters. The first-order valence-corrected chi connectivity index (χ1v) is 9.47. The van der Waals surface area contributed by atoms with E-state index in [9.17, 15) is 14.0 Å². The zero-order valence-corrected chi connectivity index (χ0v) is 16.7. The standard InChI is InChI=1S/C21H28FNO4/c1-12-6-14(7-13(2)18(12)22)19(24)15-8-16-10-26-11-17(9-15)23(16)20(25)27-21(3,4)5/h6-7,15-17H,8-11H2,1-5H3. The molecular formula is C21H28FNO4. The van der Waals surface area contributed by atoms with E-state index >= 15 is 0 Å². The van der Waals surface area contributed by atoms with Gasteiger partial charge in [-0.3, -0.25) is 9.69 Å². The number of rotatable bonds is 2. The van der Waals surface area contributed by atoms with Crippen LogP contribution in [0, 0.1) is 25.6 Å². The number of hydrogen-bond donors (Lipinski definition) is 0. The lowest BCUT2D eigenvalue weighted by Gasteiger charge is -2.47. The monoisotopic (exact) mass is 377 g/mol. The number of fused-ring (bicyclic) bond motifs is 2. The van der Waals surface area contributed by atoms with Gasteiger partial charge in [0.25, 0.3) is 0 Å². The largest absolute Gasteiger partial charge is 0.444 e. The molecule has 0 spiro atoms. The molecule has 2 heterocycles. The number of nitrogens with zero attached hydrogens (tertiary/aromatic N) is 1. The first-order chi connectivity index (χ1) is 12.6. The maximum atomic E-state index is 13.9. The van der Waals surface area contributed by atoms with E-state index in [2.05, 4.69) is 0 Å². The lowest BCUT2D eigenvalue weighted by Crippen LogP contribution is -2.60. The van der Waals surface area contributed by atoms with E-state index in [0.29, 0.717) is 42.7 Å². The molecule has 0 aliphatic carbocycles. The van der Waals surface area contributed by atoms with Gasteiger partial charge in [-0.15, -0.1) is 0 Å². The van der Waals surface area contributed by atoms with Gasteiger partial charge in [-0.25, -0.2) is 9.18 Å². The molecule has 1 aromatic rings. The normalized spacial score (nSPS) is 25.3. The molecule has 0 N–H and O–H groups in total. The van der Waals surface area contributed by atoms with Gasteiger partial charge in [-0.05, 0) is 70.7 Å². The van der Waals surface area contributed by atoms with Crippen molar-refractivity contribution in [1.29, 1.82) is 0 Å². The Labute approximate surface area is 159 Å². The van der Waals surface area contributed by atoms with Gasteiger partial charge >= 0.3 is 6.09 Å². The molecule has 148 valence electrons. The van der Waals surface area contributed by atoms with E-state index in [1.54, 1.807) is 30.9 Å². The number of piperidine rings is 1. The second-order valence-corrected chi connectivity index (χ2v) is 8.69. The van der Waals surface area contributed by atoms with Crippen molar-refractivity contribution in [3.05, 3.63) is 34.6 Å². The van der Waals surface area contributed by atoms with Crippen molar-refractivity contribution in [3.8, 4) is 0 Å². The molecule has 6 heteroatoms. The van der Waals surface area contributed by atoms with Gasteiger partial charge in [0, 0.05) is 11.5 Å². The minimum Gasteiger partial charge on any atom is -0.444 e. The summed E-state index contributed by atoms with van der Waals surface area (Å²) in [5.74, 6) is -0.453. The molecule has 3 rings (SSSR count). The zero-order valence-electron chi connectivity index (χ0n) is 16.7. The van der Waals surface area contributed by atoms with Crippen molar-refractivity contribution >= 4 is 11.9 Å². The van der Waals surface area contributed by atoms with Gasteiger partial charge < -0.3 is 9.47 Å². The van der Waals surface area contributed by atoms with E-state index in [1.165, 1.54) is 0 Å². The molecule has 1 amide bonds. The van der Waals surface area contributed by atoms with Crippen LogP contribution in [0.2, 0.25) is 0 Å². The third-order valence-electron chi connectivity index (χ3n) is 5.22. The highest BCUT2D eigenvalue weighted by molar-refractivity contribution is 5.98. The summed E-state index contributed by atoms with van der Waals surface area (Å²) in [5.41, 5.74) is 0.935. The summed E-state index contributed by atoms with van der Waals surface area (Å²) in [5, 5.41) is 0. The lowest BCUT2D eigenvalue weighted by molar-refractivity contribution is -0.0861. The summed E-state index contributed by atoms with van der Waals surface area (Å²) in [6.07, 6.45) is 0.717. The van der Waals surface area contributed by atoms with Crippen LogP contribution in [0.1, 0.15) is 55.1 Å². The number of aryl methyl sites for hydroxylation is 2. The Morgan fingerprint density at radius 2 is 1.63 bits per heavy atom. The highest BCUT2D eigenvalue weighted by Gasteiger charge is 2.45. The second-order valence-electron chi connectivity index (χ2n) is 8.69. The van der Waals surface area contributed by atoms with E-state index in [1.807, 2.05) is 20.8 Å². The van der Waals surface area contributed by atoms with Crippen LogP contribution in [0.4, 0.5) is 9.18 Å². The van der Waals surface area contributed by atoms with Crippen LogP contribution in [0.15, 0.2) is 12.1 Å². The molecule has 2 saturated heterocycles. The Bertz CT molecular complexity index is 718. The van der Waals surface area contributed by atoms with Crippen LogP contribution in [0.25, 0.3) is 0 Å². The molecule has 2 atom stereocenters. The summed E-state index contributed by atoms with van der Waals surface area (Å²) in [7, 11) is 0. The van der Waals surface area contributed by atoms with Crippen molar-refractivity contribution in [2.45, 2.75) is 65.1 Å². The van der Waals surface area contributed by atoms with E-state index in [0.717, 1.165) is 0 Å². The van der Waals surface area contributed by atoms with Crippen LogP contribution in [-0.2, 0) is 9.47 Å². The summed E-state index contributed by atoms with van der Waals surface area (Å²) in [4.78, 5) is 27.4. The van der Waals surface area contributed by atoms with Crippen molar-refractivity contribution in [3.63, 3.8) is 0 Å². The SMILES string of the molecule is Cc1cc(C(=O)C2CC3COCC(C2)N3C(=O)OC(C)(C)C)cc(C)c1F. The Morgan fingerprint density at radius 1 is 1.11 bits per heavy atom. The molecule has 0 aromatic heterocycles. The van der Waals surface area contributed by atoms with Gasteiger partial charge in [0.15, 0.2) is 5.78 Å². The number of benzene rings is 1. The van der Waals surface area contributed by atoms with Gasteiger partial charge in [0.1, 0.15) is 11.4 Å². The number of morpholine rings is 1. The summed E-state index contributed by atoms with van der Waals surface area (Å²) < 4.78 is 25.1. The molecule has 1 aromatic carbocycles. The predicted octanol–water partition coefficient (Wildman–Crippen LogP) is 4.04. The molecule has 0 saturated carbocycles. The van der Waals surface area contributed by atoms with Crippen molar-refractivity contribution in [2.24, 2.45) is 5.92 Å². The number of carbonyl (C=O) groups excluding carboxylic acids is 2. The van der Waals surface area contributed by atoms with Crippen LogP contribution < -0.4 is 0 Å². The van der Waals surface area contributed by atoms with Crippen molar-refractivity contribution < 1.29 is 23.5 Å². The molecule has 2 aliphatic heterocycles. The molecule has 27 heavy (non-hydrogen) atoms. The van der Waals surface area contributed by atoms with E-state index < -0.39 is 5.60 Å². The maximum Gasteiger partial charge on any atom is 0.410 e.